The highest BCUT2D eigenvalue weighted by molar-refractivity contribution is 9.10. The molecule has 19 heavy (non-hydrogen) atoms. The predicted octanol–water partition coefficient (Wildman–Crippen LogP) is 2.59. The molecular weight excluding hydrogens is 328 g/mol. The standard InChI is InChI=1S/C13H21BrN2O2S/c1-4-15-10-11-7-8-13(12(14)9-11)19(17,18)16(5-2)6-3/h7-9,15H,4-6,10H2,1-3H3. The highest BCUT2D eigenvalue weighted by Crippen LogP contribution is 2.26. The molecule has 0 amide bonds. The van der Waals surface area contributed by atoms with Gasteiger partial charge >= 0.3 is 0 Å². The van der Waals surface area contributed by atoms with Crippen molar-refractivity contribution in [2.45, 2.75) is 32.2 Å². The SMILES string of the molecule is CCNCc1ccc(S(=O)(=O)N(CC)CC)c(Br)c1. The third kappa shape index (κ3) is 4.02. The Balaban J connectivity index is 3.08. The van der Waals surface area contributed by atoms with Crippen LogP contribution in [-0.4, -0.2) is 32.4 Å². The summed E-state index contributed by atoms with van der Waals surface area (Å²) in [7, 11) is -3.40. The summed E-state index contributed by atoms with van der Waals surface area (Å²) >= 11 is 3.37. The predicted molar refractivity (Wildman–Crippen MR) is 81.6 cm³/mol. The van der Waals surface area contributed by atoms with Crippen LogP contribution in [0.5, 0.6) is 0 Å². The third-order valence-corrected chi connectivity index (χ3v) is 5.93. The smallest absolute Gasteiger partial charge is 0.244 e. The maximum atomic E-state index is 12.4. The van der Waals surface area contributed by atoms with E-state index in [9.17, 15) is 8.42 Å². The summed E-state index contributed by atoms with van der Waals surface area (Å²) < 4.78 is 26.9. The Labute approximate surface area is 124 Å². The van der Waals surface area contributed by atoms with E-state index in [1.165, 1.54) is 4.31 Å². The molecule has 6 heteroatoms. The molecule has 1 aromatic carbocycles. The summed E-state index contributed by atoms with van der Waals surface area (Å²) in [5.41, 5.74) is 1.06. The van der Waals surface area contributed by atoms with Crippen LogP contribution in [0, 0.1) is 0 Å². The monoisotopic (exact) mass is 348 g/mol. The van der Waals surface area contributed by atoms with E-state index in [4.69, 9.17) is 0 Å². The van der Waals surface area contributed by atoms with Gasteiger partial charge in [0.2, 0.25) is 10.0 Å². The summed E-state index contributed by atoms with van der Waals surface area (Å²) in [6.07, 6.45) is 0. The molecule has 1 aromatic rings. The van der Waals surface area contributed by atoms with Crippen molar-refractivity contribution in [2.24, 2.45) is 0 Å². The Kier molecular flexibility index (Phi) is 6.46. The van der Waals surface area contributed by atoms with E-state index in [-0.39, 0.29) is 0 Å². The van der Waals surface area contributed by atoms with E-state index in [1.54, 1.807) is 6.07 Å². The minimum atomic E-state index is -3.40. The molecule has 0 unspecified atom stereocenters. The molecule has 4 nitrogen and oxygen atoms in total. The zero-order chi connectivity index (χ0) is 14.5. The van der Waals surface area contributed by atoms with Gasteiger partial charge in [-0.2, -0.15) is 4.31 Å². The summed E-state index contributed by atoms with van der Waals surface area (Å²) in [6, 6.07) is 5.38. The van der Waals surface area contributed by atoms with Crippen molar-refractivity contribution >= 4 is 26.0 Å². The summed E-state index contributed by atoms with van der Waals surface area (Å²) in [6.45, 7) is 8.30. The topological polar surface area (TPSA) is 49.4 Å². The first kappa shape index (κ1) is 16.6. The molecule has 0 spiro atoms. The fourth-order valence-electron chi connectivity index (χ4n) is 1.84. The number of hydrogen-bond donors (Lipinski definition) is 1. The van der Waals surface area contributed by atoms with Crippen LogP contribution in [0.3, 0.4) is 0 Å². The van der Waals surface area contributed by atoms with Gasteiger partial charge in [0.05, 0.1) is 4.90 Å². The summed E-state index contributed by atoms with van der Waals surface area (Å²) in [4.78, 5) is 0.330. The van der Waals surface area contributed by atoms with Crippen LogP contribution in [0.1, 0.15) is 26.3 Å². The van der Waals surface area contributed by atoms with Gasteiger partial charge in [-0.25, -0.2) is 8.42 Å². The van der Waals surface area contributed by atoms with Crippen LogP contribution in [-0.2, 0) is 16.6 Å². The molecule has 1 rings (SSSR count). The van der Waals surface area contributed by atoms with E-state index in [0.29, 0.717) is 22.5 Å². The van der Waals surface area contributed by atoms with Crippen molar-refractivity contribution in [3.05, 3.63) is 28.2 Å². The number of nitrogens with one attached hydrogen (secondary N) is 1. The van der Waals surface area contributed by atoms with Crippen molar-refractivity contribution < 1.29 is 8.42 Å². The first-order valence-corrected chi connectivity index (χ1v) is 8.69. The highest BCUT2D eigenvalue weighted by Gasteiger charge is 2.23. The maximum absolute atomic E-state index is 12.4. The van der Waals surface area contributed by atoms with Gasteiger partial charge < -0.3 is 5.32 Å². The summed E-state index contributed by atoms with van der Waals surface area (Å²) in [5.74, 6) is 0. The number of rotatable bonds is 7. The largest absolute Gasteiger partial charge is 0.313 e. The minimum Gasteiger partial charge on any atom is -0.313 e. The normalized spacial score (nSPS) is 12.1. The molecule has 0 heterocycles. The van der Waals surface area contributed by atoms with Gasteiger partial charge in [0.25, 0.3) is 0 Å². The lowest BCUT2D eigenvalue weighted by Gasteiger charge is -2.19. The lowest BCUT2D eigenvalue weighted by molar-refractivity contribution is 0.445. The Hall–Kier alpha value is -0.430. The zero-order valence-corrected chi connectivity index (χ0v) is 14.0. The molecule has 0 radical (unpaired) electrons. The molecule has 0 fully saturated rings. The van der Waals surface area contributed by atoms with Gasteiger partial charge in [0, 0.05) is 24.1 Å². The van der Waals surface area contributed by atoms with Gasteiger partial charge in [0.15, 0.2) is 0 Å². The van der Waals surface area contributed by atoms with E-state index in [0.717, 1.165) is 18.7 Å². The third-order valence-electron chi connectivity index (χ3n) is 2.90. The van der Waals surface area contributed by atoms with Crippen molar-refractivity contribution in [2.75, 3.05) is 19.6 Å². The second kappa shape index (κ2) is 7.38. The van der Waals surface area contributed by atoms with E-state index < -0.39 is 10.0 Å². The fourth-order valence-corrected chi connectivity index (χ4v) is 4.38. The number of benzene rings is 1. The number of nitrogens with zero attached hydrogens (tertiary/aromatic N) is 1. The second-order valence-electron chi connectivity index (χ2n) is 4.13. The molecule has 108 valence electrons. The Bertz CT molecular complexity index is 513. The Morgan fingerprint density at radius 2 is 1.84 bits per heavy atom. The summed E-state index contributed by atoms with van der Waals surface area (Å²) in [5, 5.41) is 3.21. The Morgan fingerprint density at radius 1 is 1.21 bits per heavy atom. The fraction of sp³-hybridized carbons (Fsp3) is 0.538. The van der Waals surface area contributed by atoms with Gasteiger partial charge in [-0.1, -0.05) is 26.8 Å². The van der Waals surface area contributed by atoms with Crippen LogP contribution in [0.2, 0.25) is 0 Å². The number of halogens is 1. The van der Waals surface area contributed by atoms with Crippen LogP contribution < -0.4 is 5.32 Å². The van der Waals surface area contributed by atoms with Gasteiger partial charge in [-0.3, -0.25) is 0 Å². The molecule has 0 saturated carbocycles. The number of hydrogen-bond acceptors (Lipinski definition) is 3. The van der Waals surface area contributed by atoms with E-state index in [1.807, 2.05) is 32.9 Å². The van der Waals surface area contributed by atoms with Gasteiger partial charge in [-0.05, 0) is 40.2 Å². The zero-order valence-electron chi connectivity index (χ0n) is 11.6. The molecule has 0 aliphatic heterocycles. The van der Waals surface area contributed by atoms with Crippen molar-refractivity contribution in [1.29, 1.82) is 0 Å². The molecule has 0 atom stereocenters. The van der Waals surface area contributed by atoms with Crippen molar-refractivity contribution in [3.63, 3.8) is 0 Å². The lowest BCUT2D eigenvalue weighted by atomic mass is 10.2. The number of sulfonamides is 1. The van der Waals surface area contributed by atoms with Crippen LogP contribution in [0.25, 0.3) is 0 Å². The highest BCUT2D eigenvalue weighted by atomic mass is 79.9. The lowest BCUT2D eigenvalue weighted by Crippen LogP contribution is -2.30. The first-order chi connectivity index (χ1) is 8.97. The van der Waals surface area contributed by atoms with Gasteiger partial charge in [0.1, 0.15) is 0 Å². The first-order valence-electron chi connectivity index (χ1n) is 6.46. The van der Waals surface area contributed by atoms with Crippen LogP contribution in [0.15, 0.2) is 27.6 Å². The molecule has 0 saturated heterocycles. The van der Waals surface area contributed by atoms with Crippen molar-refractivity contribution in [3.8, 4) is 0 Å². The molecule has 0 aliphatic carbocycles. The second-order valence-corrected chi connectivity index (χ2v) is 6.90. The molecule has 1 N–H and O–H groups in total. The maximum Gasteiger partial charge on any atom is 0.244 e. The molecular formula is C13H21BrN2O2S. The molecule has 0 aliphatic rings. The van der Waals surface area contributed by atoms with E-state index in [2.05, 4.69) is 21.2 Å². The molecule has 0 aromatic heterocycles. The Morgan fingerprint density at radius 3 is 2.32 bits per heavy atom. The average Bonchev–Trinajstić information content (AvgIpc) is 2.37. The average molecular weight is 349 g/mol. The van der Waals surface area contributed by atoms with Crippen molar-refractivity contribution in [1.82, 2.24) is 9.62 Å². The van der Waals surface area contributed by atoms with Crippen LogP contribution >= 0.6 is 15.9 Å². The quantitative estimate of drug-likeness (QED) is 0.823. The van der Waals surface area contributed by atoms with E-state index >= 15 is 0 Å². The minimum absolute atomic E-state index is 0.330. The van der Waals surface area contributed by atoms with Crippen LogP contribution in [0.4, 0.5) is 0 Å². The van der Waals surface area contributed by atoms with Gasteiger partial charge in [-0.15, -0.1) is 0 Å². The molecule has 0 bridgehead atoms.